The lowest BCUT2D eigenvalue weighted by molar-refractivity contribution is -0.384. The number of halogens is 1. The van der Waals surface area contributed by atoms with Gasteiger partial charge in [0.25, 0.3) is 11.6 Å². The minimum atomic E-state index is -0.456. The van der Waals surface area contributed by atoms with Crippen LogP contribution in [0.25, 0.3) is 5.69 Å². The van der Waals surface area contributed by atoms with Crippen LogP contribution < -0.4 is 10.2 Å². The third-order valence-electron chi connectivity index (χ3n) is 3.67. The second-order valence-corrected chi connectivity index (χ2v) is 6.05. The van der Waals surface area contributed by atoms with Crippen LogP contribution in [-0.2, 0) is 4.79 Å². The Morgan fingerprint density at radius 2 is 2.00 bits per heavy atom. The zero-order valence-corrected chi connectivity index (χ0v) is 15.2. The molecule has 0 aliphatic carbocycles. The zero-order chi connectivity index (χ0) is 19.9. The highest BCUT2D eigenvalue weighted by Gasteiger charge is 2.07. The summed E-state index contributed by atoms with van der Waals surface area (Å²) >= 11 is 5.85. The monoisotopic (exact) mass is 398 g/mol. The van der Waals surface area contributed by atoms with Gasteiger partial charge in [0.1, 0.15) is 5.75 Å². The minimum absolute atomic E-state index is 0.0121. The Morgan fingerprint density at radius 3 is 2.71 bits per heavy atom. The molecular weight excluding hydrogens is 384 g/mol. The van der Waals surface area contributed by atoms with Gasteiger partial charge in [-0.25, -0.2) is 5.43 Å². The fourth-order valence-corrected chi connectivity index (χ4v) is 2.56. The number of hydrazone groups is 1. The second kappa shape index (κ2) is 8.83. The van der Waals surface area contributed by atoms with Crippen LogP contribution in [0.15, 0.2) is 72.0 Å². The Labute approximate surface area is 165 Å². The van der Waals surface area contributed by atoms with Crippen molar-refractivity contribution < 1.29 is 14.5 Å². The Hall–Kier alpha value is -3.65. The number of non-ortho nitro benzene ring substituents is 1. The first-order valence-corrected chi connectivity index (χ1v) is 8.53. The highest BCUT2D eigenvalue weighted by atomic mass is 35.5. The summed E-state index contributed by atoms with van der Waals surface area (Å²) in [5.74, 6) is 0.0587. The molecule has 0 radical (unpaired) electrons. The van der Waals surface area contributed by atoms with E-state index in [-0.39, 0.29) is 12.3 Å². The molecule has 0 saturated carbocycles. The van der Waals surface area contributed by atoms with E-state index in [0.29, 0.717) is 16.5 Å². The standard InChI is InChI=1S/C19H15ClN4O4/c20-14-3-1-5-18(11-14)28-13-19(25)22-21-12-17-4-2-10-23(17)15-6-8-16(9-7-15)24(26)27/h1-12H,13H2,(H,22,25)/b21-12-. The third kappa shape index (κ3) is 4.95. The molecule has 0 unspecified atom stereocenters. The highest BCUT2D eigenvalue weighted by Crippen LogP contribution is 2.17. The quantitative estimate of drug-likeness (QED) is 0.373. The summed E-state index contributed by atoms with van der Waals surface area (Å²) < 4.78 is 7.11. The number of benzene rings is 2. The SMILES string of the molecule is O=C(COc1cccc(Cl)c1)N/N=C\c1cccn1-c1ccc([N+](=O)[O-])cc1. The van der Waals surface area contributed by atoms with E-state index in [1.165, 1.54) is 18.3 Å². The van der Waals surface area contributed by atoms with E-state index in [2.05, 4.69) is 10.5 Å². The van der Waals surface area contributed by atoms with E-state index < -0.39 is 10.8 Å². The molecule has 1 N–H and O–H groups in total. The smallest absolute Gasteiger partial charge is 0.277 e. The Kier molecular flexibility index (Phi) is 6.03. The van der Waals surface area contributed by atoms with Crippen LogP contribution in [-0.4, -0.2) is 28.2 Å². The summed E-state index contributed by atoms with van der Waals surface area (Å²) in [6.45, 7) is -0.207. The van der Waals surface area contributed by atoms with Crippen molar-refractivity contribution in [3.8, 4) is 11.4 Å². The maximum Gasteiger partial charge on any atom is 0.277 e. The van der Waals surface area contributed by atoms with Crippen molar-refractivity contribution in [3.05, 3.63) is 87.7 Å². The number of carbonyl (C=O) groups is 1. The molecule has 1 aromatic heterocycles. The molecule has 9 heteroatoms. The van der Waals surface area contributed by atoms with Crippen molar-refractivity contribution in [3.63, 3.8) is 0 Å². The van der Waals surface area contributed by atoms with Gasteiger partial charge in [-0.05, 0) is 42.5 Å². The average molecular weight is 399 g/mol. The first-order chi connectivity index (χ1) is 13.5. The molecule has 8 nitrogen and oxygen atoms in total. The number of ether oxygens (including phenoxy) is 1. The lowest BCUT2D eigenvalue weighted by Crippen LogP contribution is -2.24. The van der Waals surface area contributed by atoms with Gasteiger partial charge in [0.2, 0.25) is 0 Å². The van der Waals surface area contributed by atoms with Crippen molar-refractivity contribution in [2.45, 2.75) is 0 Å². The first-order valence-electron chi connectivity index (χ1n) is 8.15. The van der Waals surface area contributed by atoms with Crippen LogP contribution in [0, 0.1) is 10.1 Å². The molecule has 0 fully saturated rings. The van der Waals surface area contributed by atoms with Crippen molar-refractivity contribution in [2.75, 3.05) is 6.61 Å². The number of carbonyl (C=O) groups excluding carboxylic acids is 1. The molecule has 3 rings (SSSR count). The Morgan fingerprint density at radius 1 is 1.21 bits per heavy atom. The second-order valence-electron chi connectivity index (χ2n) is 5.62. The van der Waals surface area contributed by atoms with Crippen LogP contribution in [0.1, 0.15) is 5.69 Å². The summed E-state index contributed by atoms with van der Waals surface area (Å²) in [5, 5.41) is 15.2. The van der Waals surface area contributed by atoms with Crippen LogP contribution >= 0.6 is 11.6 Å². The number of hydrogen-bond donors (Lipinski definition) is 1. The van der Waals surface area contributed by atoms with E-state index >= 15 is 0 Å². The number of hydrogen-bond acceptors (Lipinski definition) is 5. The van der Waals surface area contributed by atoms with Crippen LogP contribution in [0.5, 0.6) is 5.75 Å². The van der Waals surface area contributed by atoms with Gasteiger partial charge >= 0.3 is 0 Å². The summed E-state index contributed by atoms with van der Waals surface area (Å²) in [6.07, 6.45) is 3.26. The molecule has 142 valence electrons. The molecule has 3 aromatic rings. The van der Waals surface area contributed by atoms with Crippen molar-refractivity contribution in [1.29, 1.82) is 0 Å². The van der Waals surface area contributed by atoms with Gasteiger partial charge in [-0.1, -0.05) is 17.7 Å². The largest absolute Gasteiger partial charge is 0.484 e. The van der Waals surface area contributed by atoms with Gasteiger partial charge in [-0.3, -0.25) is 14.9 Å². The van der Waals surface area contributed by atoms with E-state index in [1.807, 2.05) is 0 Å². The molecule has 0 saturated heterocycles. The first kappa shape index (κ1) is 19.1. The van der Waals surface area contributed by atoms with Crippen LogP contribution in [0.4, 0.5) is 5.69 Å². The number of aromatic nitrogens is 1. The van der Waals surface area contributed by atoms with Crippen molar-refractivity contribution in [2.24, 2.45) is 5.10 Å². The molecule has 1 amide bonds. The van der Waals surface area contributed by atoms with Gasteiger partial charge in [-0.15, -0.1) is 0 Å². The molecule has 1 heterocycles. The van der Waals surface area contributed by atoms with Crippen LogP contribution in [0.2, 0.25) is 5.02 Å². The Bertz CT molecular complexity index is 1010. The third-order valence-corrected chi connectivity index (χ3v) is 3.91. The number of nitrogens with one attached hydrogen (secondary N) is 1. The molecule has 2 aromatic carbocycles. The van der Waals surface area contributed by atoms with Crippen LogP contribution in [0.3, 0.4) is 0 Å². The molecular formula is C19H15ClN4O4. The lowest BCUT2D eigenvalue weighted by Gasteiger charge is -2.06. The van der Waals surface area contributed by atoms with Crippen molar-refractivity contribution in [1.82, 2.24) is 9.99 Å². The van der Waals surface area contributed by atoms with Gasteiger partial charge in [0.15, 0.2) is 6.61 Å². The molecule has 0 aliphatic rings. The summed E-state index contributed by atoms with van der Waals surface area (Å²) in [6, 6.07) is 16.4. The van der Waals surface area contributed by atoms with E-state index in [0.717, 1.165) is 5.69 Å². The maximum absolute atomic E-state index is 11.8. The fraction of sp³-hybridized carbons (Fsp3) is 0.0526. The highest BCUT2D eigenvalue weighted by molar-refractivity contribution is 6.30. The fourth-order valence-electron chi connectivity index (χ4n) is 2.38. The average Bonchev–Trinajstić information content (AvgIpc) is 3.15. The number of rotatable bonds is 7. The zero-order valence-electron chi connectivity index (χ0n) is 14.5. The molecule has 28 heavy (non-hydrogen) atoms. The summed E-state index contributed by atoms with van der Waals surface area (Å²) in [5.41, 5.74) is 3.80. The Balaban J connectivity index is 1.58. The van der Waals surface area contributed by atoms with Gasteiger partial charge < -0.3 is 9.30 Å². The molecule has 0 spiro atoms. The maximum atomic E-state index is 11.8. The predicted octanol–water partition coefficient (Wildman–Crippen LogP) is 3.57. The summed E-state index contributed by atoms with van der Waals surface area (Å²) in [7, 11) is 0. The van der Waals surface area contributed by atoms with Gasteiger partial charge in [-0.2, -0.15) is 5.10 Å². The van der Waals surface area contributed by atoms with E-state index in [1.54, 1.807) is 59.3 Å². The number of nitro benzene ring substituents is 1. The lowest BCUT2D eigenvalue weighted by atomic mass is 10.3. The molecule has 0 bridgehead atoms. The molecule has 0 aliphatic heterocycles. The number of nitro groups is 1. The number of nitrogens with zero attached hydrogens (tertiary/aromatic N) is 3. The predicted molar refractivity (Wildman–Crippen MR) is 105 cm³/mol. The van der Waals surface area contributed by atoms with Gasteiger partial charge in [0, 0.05) is 29.0 Å². The number of amides is 1. The van der Waals surface area contributed by atoms with E-state index in [9.17, 15) is 14.9 Å². The summed E-state index contributed by atoms with van der Waals surface area (Å²) in [4.78, 5) is 22.1. The van der Waals surface area contributed by atoms with Crippen molar-refractivity contribution >= 4 is 29.4 Å². The van der Waals surface area contributed by atoms with Gasteiger partial charge in [0.05, 0.1) is 16.8 Å². The minimum Gasteiger partial charge on any atom is -0.484 e. The topological polar surface area (TPSA) is 98.8 Å². The normalized spacial score (nSPS) is 10.8. The molecule has 0 atom stereocenters. The van der Waals surface area contributed by atoms with E-state index in [4.69, 9.17) is 16.3 Å².